The quantitative estimate of drug-likeness (QED) is 0.366. The molecular weight excluding hydrogens is 490 g/mol. The summed E-state index contributed by atoms with van der Waals surface area (Å²) in [4.78, 5) is 26.7. The molecule has 2 aliphatic rings. The lowest BCUT2D eigenvalue weighted by Gasteiger charge is -2.25. The van der Waals surface area contributed by atoms with Gasteiger partial charge in [0.25, 0.3) is 5.91 Å². The number of carbonyl (C=O) groups is 2. The van der Waals surface area contributed by atoms with E-state index in [4.69, 9.17) is 0 Å². The van der Waals surface area contributed by atoms with Crippen LogP contribution in [-0.2, 0) is 16.4 Å². The normalized spacial score (nSPS) is 17.8. The number of aliphatic hydroxyl groups excluding tert-OH is 1. The van der Waals surface area contributed by atoms with Crippen LogP contribution in [-0.4, -0.2) is 63.3 Å². The number of nitrogens with one attached hydrogen (secondary N) is 2. The van der Waals surface area contributed by atoms with Gasteiger partial charge in [-0.1, -0.05) is 43.2 Å². The molecule has 0 bridgehead atoms. The Labute approximate surface area is 219 Å². The van der Waals surface area contributed by atoms with Gasteiger partial charge in [-0.15, -0.1) is 0 Å². The van der Waals surface area contributed by atoms with Crippen molar-refractivity contribution in [2.24, 2.45) is 5.92 Å². The van der Waals surface area contributed by atoms with Crippen molar-refractivity contribution in [3.63, 3.8) is 0 Å². The number of nitrogens with zero attached hydrogens (tertiary/aromatic N) is 1. The molecule has 0 unspecified atom stereocenters. The Morgan fingerprint density at radius 1 is 1.03 bits per heavy atom. The Morgan fingerprint density at radius 2 is 1.68 bits per heavy atom. The summed E-state index contributed by atoms with van der Waals surface area (Å²) < 4.78 is 25.6. The standard InChI is InChI=1S/C28H37N3O5S/c1-31(37(2,35)36)24-16-21(27(33)20-10-6-7-11-20)15-22(17-24)28(34)30-25(14-19-8-4-3-5-9-19)26(32)18-29-23-12-13-23/h3-5,8-9,15-17,20,23,25-26,29,32H,6-7,10-14,18H2,1-2H3,(H,30,34)/t25-,26+/m0/s1. The summed E-state index contributed by atoms with van der Waals surface area (Å²) in [6, 6.07) is 14.0. The highest BCUT2D eigenvalue weighted by Gasteiger charge is 2.29. The number of aliphatic hydroxyl groups is 1. The Kier molecular flexibility index (Phi) is 8.67. The Hall–Kier alpha value is -2.75. The van der Waals surface area contributed by atoms with Crippen LogP contribution in [0.5, 0.6) is 0 Å². The van der Waals surface area contributed by atoms with Crippen molar-refractivity contribution in [3.8, 4) is 0 Å². The molecule has 37 heavy (non-hydrogen) atoms. The third-order valence-corrected chi connectivity index (χ3v) is 8.53. The summed E-state index contributed by atoms with van der Waals surface area (Å²) in [7, 11) is -2.20. The molecule has 8 nitrogen and oxygen atoms in total. The van der Waals surface area contributed by atoms with Gasteiger partial charge in [-0.25, -0.2) is 8.42 Å². The lowest BCUT2D eigenvalue weighted by molar-refractivity contribution is 0.0830. The monoisotopic (exact) mass is 527 g/mol. The molecule has 2 atom stereocenters. The van der Waals surface area contributed by atoms with E-state index in [1.54, 1.807) is 12.1 Å². The van der Waals surface area contributed by atoms with Crippen molar-refractivity contribution >= 4 is 27.4 Å². The minimum absolute atomic E-state index is 0.0650. The fourth-order valence-corrected chi connectivity index (χ4v) is 5.29. The lowest BCUT2D eigenvalue weighted by Crippen LogP contribution is -2.49. The van der Waals surface area contributed by atoms with Gasteiger partial charge >= 0.3 is 0 Å². The molecule has 0 aromatic heterocycles. The van der Waals surface area contributed by atoms with Crippen molar-refractivity contribution < 1.29 is 23.1 Å². The first-order valence-corrected chi connectivity index (χ1v) is 14.9. The Bertz CT molecular complexity index is 1210. The highest BCUT2D eigenvalue weighted by molar-refractivity contribution is 7.92. The largest absolute Gasteiger partial charge is 0.390 e. The molecule has 2 saturated carbocycles. The minimum Gasteiger partial charge on any atom is -0.390 e. The summed E-state index contributed by atoms with van der Waals surface area (Å²) in [6.45, 7) is 0.352. The van der Waals surface area contributed by atoms with Crippen LogP contribution in [0.15, 0.2) is 48.5 Å². The first-order valence-electron chi connectivity index (χ1n) is 13.0. The number of sulfonamides is 1. The Balaban J connectivity index is 1.61. The number of anilines is 1. The smallest absolute Gasteiger partial charge is 0.251 e. The van der Waals surface area contributed by atoms with Crippen molar-refractivity contribution in [2.75, 3.05) is 24.2 Å². The van der Waals surface area contributed by atoms with E-state index in [-0.39, 0.29) is 23.0 Å². The van der Waals surface area contributed by atoms with Gasteiger partial charge in [-0.3, -0.25) is 13.9 Å². The van der Waals surface area contributed by atoms with Crippen LogP contribution in [0.2, 0.25) is 0 Å². The zero-order valence-electron chi connectivity index (χ0n) is 21.5. The number of ketones is 1. The summed E-state index contributed by atoms with van der Waals surface area (Å²) in [6.07, 6.45) is 6.42. The van der Waals surface area contributed by atoms with E-state index in [1.165, 1.54) is 13.1 Å². The second-order valence-corrected chi connectivity index (χ2v) is 12.4. The first-order chi connectivity index (χ1) is 17.6. The third-order valence-electron chi connectivity index (χ3n) is 7.32. The van der Waals surface area contributed by atoms with Gasteiger partial charge in [0, 0.05) is 36.7 Å². The maximum absolute atomic E-state index is 13.5. The van der Waals surface area contributed by atoms with Crippen molar-refractivity contribution in [3.05, 3.63) is 65.2 Å². The fourth-order valence-electron chi connectivity index (χ4n) is 4.80. The molecule has 2 aromatic rings. The highest BCUT2D eigenvalue weighted by Crippen LogP contribution is 2.30. The molecule has 0 spiro atoms. The average molecular weight is 528 g/mol. The van der Waals surface area contributed by atoms with Crippen LogP contribution in [0.1, 0.15) is 64.8 Å². The molecule has 0 heterocycles. The van der Waals surface area contributed by atoms with Gasteiger partial charge in [0.05, 0.1) is 24.1 Å². The van der Waals surface area contributed by atoms with Gasteiger partial charge in [-0.05, 0) is 55.9 Å². The van der Waals surface area contributed by atoms with E-state index in [2.05, 4.69) is 10.6 Å². The van der Waals surface area contributed by atoms with E-state index < -0.39 is 28.1 Å². The highest BCUT2D eigenvalue weighted by atomic mass is 32.2. The summed E-state index contributed by atoms with van der Waals surface area (Å²) in [5, 5.41) is 17.2. The molecule has 1 amide bonds. The van der Waals surface area contributed by atoms with Crippen LogP contribution in [0, 0.1) is 5.92 Å². The summed E-state index contributed by atoms with van der Waals surface area (Å²) in [5.41, 5.74) is 1.75. The van der Waals surface area contributed by atoms with Crippen LogP contribution >= 0.6 is 0 Å². The molecule has 200 valence electrons. The molecule has 2 fully saturated rings. The summed E-state index contributed by atoms with van der Waals surface area (Å²) in [5.74, 6) is -0.642. The van der Waals surface area contributed by atoms with Crippen molar-refractivity contribution in [2.45, 2.75) is 63.1 Å². The van der Waals surface area contributed by atoms with E-state index in [1.807, 2.05) is 30.3 Å². The lowest BCUT2D eigenvalue weighted by atomic mass is 9.94. The van der Waals surface area contributed by atoms with Crippen molar-refractivity contribution in [1.82, 2.24) is 10.6 Å². The SMILES string of the molecule is CN(c1cc(C(=O)N[C@@H](Cc2ccccc2)[C@H](O)CNC2CC2)cc(C(=O)C2CCCC2)c1)S(C)(=O)=O. The number of carbonyl (C=O) groups excluding carboxylic acids is 2. The molecule has 2 aromatic carbocycles. The van der Waals surface area contributed by atoms with E-state index in [0.717, 1.165) is 54.6 Å². The molecule has 0 radical (unpaired) electrons. The van der Waals surface area contributed by atoms with E-state index >= 15 is 0 Å². The molecule has 0 aliphatic heterocycles. The average Bonchev–Trinajstić information content (AvgIpc) is 3.55. The number of rotatable bonds is 12. The summed E-state index contributed by atoms with van der Waals surface area (Å²) >= 11 is 0. The zero-order valence-corrected chi connectivity index (χ0v) is 22.3. The van der Waals surface area contributed by atoms with Gasteiger partial charge in [-0.2, -0.15) is 0 Å². The molecule has 3 N–H and O–H groups in total. The van der Waals surface area contributed by atoms with E-state index in [0.29, 0.717) is 24.6 Å². The van der Waals surface area contributed by atoms with Gasteiger partial charge in [0.15, 0.2) is 5.78 Å². The molecule has 9 heteroatoms. The predicted octanol–water partition coefficient (Wildman–Crippen LogP) is 2.91. The maximum atomic E-state index is 13.5. The third kappa shape index (κ3) is 7.40. The van der Waals surface area contributed by atoms with Crippen LogP contribution in [0.4, 0.5) is 5.69 Å². The number of hydrogen-bond acceptors (Lipinski definition) is 6. The maximum Gasteiger partial charge on any atom is 0.251 e. The van der Waals surface area contributed by atoms with Crippen molar-refractivity contribution in [1.29, 1.82) is 0 Å². The van der Waals surface area contributed by atoms with Crippen LogP contribution in [0.3, 0.4) is 0 Å². The zero-order chi connectivity index (χ0) is 26.6. The first kappa shape index (κ1) is 27.3. The van der Waals surface area contributed by atoms with Gasteiger partial charge in [0.2, 0.25) is 10.0 Å². The number of amides is 1. The predicted molar refractivity (Wildman–Crippen MR) is 144 cm³/mol. The second kappa shape index (κ2) is 11.8. The minimum atomic E-state index is -3.60. The van der Waals surface area contributed by atoms with Crippen LogP contribution in [0.25, 0.3) is 0 Å². The molecule has 0 saturated heterocycles. The van der Waals surface area contributed by atoms with Gasteiger partial charge < -0.3 is 15.7 Å². The molecular formula is C28H37N3O5S. The molecule has 4 rings (SSSR count). The van der Waals surface area contributed by atoms with Crippen LogP contribution < -0.4 is 14.9 Å². The number of Topliss-reactive ketones (excluding diaryl/α,β-unsaturated/α-hetero) is 1. The number of hydrogen-bond donors (Lipinski definition) is 3. The van der Waals surface area contributed by atoms with E-state index in [9.17, 15) is 23.1 Å². The molecule has 2 aliphatic carbocycles. The topological polar surface area (TPSA) is 116 Å². The number of benzene rings is 2. The fraction of sp³-hybridized carbons (Fsp3) is 0.500. The van der Waals surface area contributed by atoms with Gasteiger partial charge in [0.1, 0.15) is 0 Å². The Morgan fingerprint density at radius 3 is 2.30 bits per heavy atom. The second-order valence-electron chi connectivity index (χ2n) is 10.4.